The minimum absolute atomic E-state index is 0.00903. The van der Waals surface area contributed by atoms with Crippen LogP contribution in [0, 0.1) is 5.92 Å². The number of hydrogen-bond donors (Lipinski definition) is 1. The van der Waals surface area contributed by atoms with E-state index < -0.39 is 0 Å². The molecule has 1 amide bonds. The molecule has 0 saturated heterocycles. The van der Waals surface area contributed by atoms with Crippen LogP contribution in [-0.4, -0.2) is 38.6 Å². The molecule has 0 fully saturated rings. The summed E-state index contributed by atoms with van der Waals surface area (Å²) in [7, 11) is 5.12. The monoisotopic (exact) mass is 250 g/mol. The average Bonchev–Trinajstić information content (AvgIpc) is 2.34. The molecule has 4 heteroatoms. The highest BCUT2D eigenvalue weighted by atomic mass is 16.5. The topological polar surface area (TPSA) is 41.6 Å². The number of methoxy groups -OCH3 is 1. The Morgan fingerprint density at radius 2 is 2.06 bits per heavy atom. The summed E-state index contributed by atoms with van der Waals surface area (Å²) < 4.78 is 5.29. The Labute approximate surface area is 109 Å². The first-order chi connectivity index (χ1) is 8.45. The predicted octanol–water partition coefficient (Wildman–Crippen LogP) is 2.46. The van der Waals surface area contributed by atoms with Gasteiger partial charge >= 0.3 is 0 Å². The molecule has 4 nitrogen and oxygen atoms in total. The van der Waals surface area contributed by atoms with Crippen molar-refractivity contribution < 1.29 is 9.53 Å². The molecule has 0 aliphatic rings. The molecule has 1 rings (SSSR count). The highest BCUT2D eigenvalue weighted by Gasteiger charge is 2.11. The first-order valence-electron chi connectivity index (χ1n) is 6.09. The van der Waals surface area contributed by atoms with Crippen LogP contribution in [0.4, 0.5) is 5.69 Å². The third kappa shape index (κ3) is 3.65. The fourth-order valence-corrected chi connectivity index (χ4v) is 1.55. The van der Waals surface area contributed by atoms with E-state index in [0.717, 1.165) is 18.0 Å². The molecule has 1 N–H and O–H groups in total. The predicted molar refractivity (Wildman–Crippen MR) is 74.3 cm³/mol. The lowest BCUT2D eigenvalue weighted by molar-refractivity contribution is 0.0827. The molecule has 0 spiro atoms. The van der Waals surface area contributed by atoms with Crippen molar-refractivity contribution in [3.63, 3.8) is 0 Å². The van der Waals surface area contributed by atoms with Gasteiger partial charge in [-0.2, -0.15) is 0 Å². The SMILES string of the molecule is COc1ccc(C(=O)N(C)C)cc1NCC(C)C. The second-order valence-corrected chi connectivity index (χ2v) is 4.89. The van der Waals surface area contributed by atoms with Crippen molar-refractivity contribution in [2.75, 3.05) is 33.1 Å². The number of ether oxygens (including phenoxy) is 1. The number of benzene rings is 1. The summed E-state index contributed by atoms with van der Waals surface area (Å²) in [4.78, 5) is 13.5. The van der Waals surface area contributed by atoms with E-state index >= 15 is 0 Å². The second-order valence-electron chi connectivity index (χ2n) is 4.89. The van der Waals surface area contributed by atoms with Gasteiger partial charge in [-0.25, -0.2) is 0 Å². The van der Waals surface area contributed by atoms with Crippen molar-refractivity contribution in [3.05, 3.63) is 23.8 Å². The molecular formula is C14H22N2O2. The molecule has 1 aromatic carbocycles. The van der Waals surface area contributed by atoms with Gasteiger partial charge in [0.05, 0.1) is 12.8 Å². The van der Waals surface area contributed by atoms with Crippen LogP contribution in [0.15, 0.2) is 18.2 Å². The Morgan fingerprint density at radius 1 is 1.39 bits per heavy atom. The number of nitrogens with zero attached hydrogens (tertiary/aromatic N) is 1. The summed E-state index contributed by atoms with van der Waals surface area (Å²) in [5.74, 6) is 1.28. The van der Waals surface area contributed by atoms with Crippen molar-refractivity contribution in [2.24, 2.45) is 5.92 Å². The smallest absolute Gasteiger partial charge is 0.253 e. The van der Waals surface area contributed by atoms with Crippen molar-refractivity contribution in [1.82, 2.24) is 4.90 Å². The third-order valence-corrected chi connectivity index (χ3v) is 2.55. The highest BCUT2D eigenvalue weighted by molar-refractivity contribution is 5.95. The van der Waals surface area contributed by atoms with Crippen LogP contribution in [0.2, 0.25) is 0 Å². The summed E-state index contributed by atoms with van der Waals surface area (Å²) in [6.45, 7) is 5.11. The Hall–Kier alpha value is -1.71. The first kappa shape index (κ1) is 14.4. The van der Waals surface area contributed by atoms with Crippen LogP contribution < -0.4 is 10.1 Å². The van der Waals surface area contributed by atoms with E-state index in [9.17, 15) is 4.79 Å². The van der Waals surface area contributed by atoms with Crippen LogP contribution in [0.3, 0.4) is 0 Å². The molecular weight excluding hydrogens is 228 g/mol. The van der Waals surface area contributed by atoms with Gasteiger partial charge in [0.15, 0.2) is 0 Å². The summed E-state index contributed by atoms with van der Waals surface area (Å²) >= 11 is 0. The van der Waals surface area contributed by atoms with E-state index in [-0.39, 0.29) is 5.91 Å². The molecule has 1 aromatic rings. The summed E-state index contributed by atoms with van der Waals surface area (Å²) in [5.41, 5.74) is 1.52. The van der Waals surface area contributed by atoms with E-state index in [0.29, 0.717) is 11.5 Å². The fraction of sp³-hybridized carbons (Fsp3) is 0.500. The van der Waals surface area contributed by atoms with Crippen LogP contribution in [0.1, 0.15) is 24.2 Å². The van der Waals surface area contributed by atoms with E-state index in [1.165, 1.54) is 0 Å². The Bertz CT molecular complexity index is 414. The van der Waals surface area contributed by atoms with Crippen LogP contribution in [0.5, 0.6) is 5.75 Å². The van der Waals surface area contributed by atoms with Crippen molar-refractivity contribution in [2.45, 2.75) is 13.8 Å². The Morgan fingerprint density at radius 3 is 2.56 bits per heavy atom. The minimum Gasteiger partial charge on any atom is -0.495 e. The fourth-order valence-electron chi connectivity index (χ4n) is 1.55. The van der Waals surface area contributed by atoms with Gasteiger partial charge in [-0.3, -0.25) is 4.79 Å². The van der Waals surface area contributed by atoms with Gasteiger partial charge in [-0.15, -0.1) is 0 Å². The van der Waals surface area contributed by atoms with Gasteiger partial charge in [0.1, 0.15) is 5.75 Å². The molecule has 0 aromatic heterocycles. The molecule has 100 valence electrons. The molecule has 0 atom stereocenters. The summed E-state index contributed by atoms with van der Waals surface area (Å²) in [6.07, 6.45) is 0. The number of carbonyl (C=O) groups is 1. The van der Waals surface area contributed by atoms with Gasteiger partial charge in [-0.05, 0) is 24.1 Å². The molecule has 0 bridgehead atoms. The largest absolute Gasteiger partial charge is 0.495 e. The van der Waals surface area contributed by atoms with Crippen LogP contribution in [0.25, 0.3) is 0 Å². The summed E-state index contributed by atoms with van der Waals surface area (Å²) in [6, 6.07) is 5.44. The maximum Gasteiger partial charge on any atom is 0.253 e. The first-order valence-corrected chi connectivity index (χ1v) is 6.09. The number of hydrogen-bond acceptors (Lipinski definition) is 3. The number of anilines is 1. The number of amides is 1. The van der Waals surface area contributed by atoms with Crippen molar-refractivity contribution in [3.8, 4) is 5.75 Å². The van der Waals surface area contributed by atoms with Gasteiger partial charge in [0, 0.05) is 26.2 Å². The molecule has 0 heterocycles. The van der Waals surface area contributed by atoms with Crippen LogP contribution in [-0.2, 0) is 0 Å². The molecule has 0 saturated carbocycles. The van der Waals surface area contributed by atoms with Gasteiger partial charge in [0.2, 0.25) is 0 Å². The van der Waals surface area contributed by atoms with Gasteiger partial charge in [0.25, 0.3) is 5.91 Å². The minimum atomic E-state index is -0.00903. The lowest BCUT2D eigenvalue weighted by Crippen LogP contribution is -2.21. The molecule has 0 aliphatic carbocycles. The van der Waals surface area contributed by atoms with Crippen LogP contribution >= 0.6 is 0 Å². The molecule has 18 heavy (non-hydrogen) atoms. The molecule has 0 aliphatic heterocycles. The van der Waals surface area contributed by atoms with E-state index in [4.69, 9.17) is 4.74 Å². The van der Waals surface area contributed by atoms with Crippen molar-refractivity contribution in [1.29, 1.82) is 0 Å². The molecule has 0 unspecified atom stereocenters. The quantitative estimate of drug-likeness (QED) is 0.873. The zero-order chi connectivity index (χ0) is 13.7. The second kappa shape index (κ2) is 6.28. The number of nitrogens with one attached hydrogen (secondary N) is 1. The maximum atomic E-state index is 11.9. The van der Waals surface area contributed by atoms with E-state index in [1.54, 1.807) is 32.2 Å². The lowest BCUT2D eigenvalue weighted by Gasteiger charge is -2.16. The Kier molecular flexibility index (Phi) is 5.01. The normalized spacial score (nSPS) is 10.3. The zero-order valence-electron chi connectivity index (χ0n) is 11.8. The van der Waals surface area contributed by atoms with E-state index in [2.05, 4.69) is 19.2 Å². The van der Waals surface area contributed by atoms with Gasteiger partial charge < -0.3 is 15.0 Å². The van der Waals surface area contributed by atoms with E-state index in [1.807, 2.05) is 12.1 Å². The Balaban J connectivity index is 2.98. The maximum absolute atomic E-state index is 11.9. The number of rotatable bonds is 5. The standard InChI is InChI=1S/C14H22N2O2/c1-10(2)9-15-12-8-11(14(17)16(3)4)6-7-13(12)18-5/h6-8,10,15H,9H2,1-5H3. The zero-order valence-corrected chi connectivity index (χ0v) is 11.8. The average molecular weight is 250 g/mol. The van der Waals surface area contributed by atoms with Crippen molar-refractivity contribution >= 4 is 11.6 Å². The highest BCUT2D eigenvalue weighted by Crippen LogP contribution is 2.26. The molecule has 0 radical (unpaired) electrons. The van der Waals surface area contributed by atoms with Gasteiger partial charge in [-0.1, -0.05) is 13.8 Å². The third-order valence-electron chi connectivity index (χ3n) is 2.55. The summed E-state index contributed by atoms with van der Waals surface area (Å²) in [5, 5.41) is 3.30. The number of carbonyl (C=O) groups excluding carboxylic acids is 1. The lowest BCUT2D eigenvalue weighted by atomic mass is 10.1.